The maximum absolute atomic E-state index is 13.1. The molecule has 0 saturated carbocycles. The van der Waals surface area contributed by atoms with Crippen LogP contribution in [-0.4, -0.2) is 92.9 Å². The number of hydrogen-bond acceptors (Lipinski definition) is 11. The van der Waals surface area contributed by atoms with Crippen LogP contribution in [0.2, 0.25) is 0 Å². The summed E-state index contributed by atoms with van der Waals surface area (Å²) in [5, 5.41) is 1.62. The van der Waals surface area contributed by atoms with E-state index in [9.17, 15) is 32.4 Å². The number of ether oxygens (including phenoxy) is 2. The highest BCUT2D eigenvalue weighted by Gasteiger charge is 2.68. The Hall–Kier alpha value is -3.39. The minimum Gasteiger partial charge on any atom is -0.426 e. The summed E-state index contributed by atoms with van der Waals surface area (Å²) in [5.41, 5.74) is 1.03. The highest BCUT2D eigenvalue weighted by atomic mass is 32.2. The van der Waals surface area contributed by atoms with E-state index in [1.165, 1.54) is 36.6 Å². The Kier molecular flexibility index (Phi) is 7.00. The number of β-lactam (4-membered cyclic amide) rings is 2. The molecule has 0 unspecified atom stereocenters. The molecule has 12 nitrogen and oxygen atoms in total. The number of nitrogens with one attached hydrogen (secondary N) is 1. The van der Waals surface area contributed by atoms with Gasteiger partial charge in [0, 0.05) is 22.1 Å². The number of carbonyl (C=O) groups is 5. The summed E-state index contributed by atoms with van der Waals surface area (Å²) in [5.74, 6) is -2.79. The second-order valence-corrected chi connectivity index (χ2v) is 16.0. The third kappa shape index (κ3) is 4.51. The van der Waals surface area contributed by atoms with Crippen molar-refractivity contribution in [2.24, 2.45) is 0 Å². The number of amides is 2. The van der Waals surface area contributed by atoms with E-state index >= 15 is 0 Å². The monoisotopic (exact) mass is 605 g/mol. The lowest BCUT2D eigenvalue weighted by molar-refractivity contribution is -0.181. The lowest BCUT2D eigenvalue weighted by Crippen LogP contribution is -2.69. The molecule has 1 aromatic rings. The normalized spacial score (nSPS) is 30.5. The molecule has 14 heteroatoms. The van der Waals surface area contributed by atoms with Crippen LogP contribution < -0.4 is 5.32 Å². The van der Waals surface area contributed by atoms with Crippen LogP contribution in [0.15, 0.2) is 42.1 Å². The summed E-state index contributed by atoms with van der Waals surface area (Å²) in [6, 6.07) is 5.75. The van der Waals surface area contributed by atoms with Gasteiger partial charge in [0.05, 0.1) is 11.2 Å². The molecule has 0 bridgehead atoms. The average molecular weight is 606 g/mol. The number of allylic oxidation sites excluding steroid dienone is 2. The quantitative estimate of drug-likeness (QED) is 0.148. The van der Waals surface area contributed by atoms with Gasteiger partial charge in [-0.2, -0.15) is 0 Å². The number of carbonyl (C=O) groups excluding carboxylic acids is 5. The van der Waals surface area contributed by atoms with Crippen molar-refractivity contribution in [2.45, 2.75) is 79.4 Å². The second kappa shape index (κ2) is 9.86. The predicted octanol–water partition coefficient (Wildman–Crippen LogP) is 0.972. The van der Waals surface area contributed by atoms with E-state index in [1.807, 2.05) is 6.07 Å². The van der Waals surface area contributed by atoms with Crippen LogP contribution in [0.3, 0.4) is 0 Å². The Labute approximate surface area is 241 Å². The Morgan fingerprint density at radius 2 is 1.63 bits per heavy atom. The van der Waals surface area contributed by atoms with Gasteiger partial charge in [-0.3, -0.25) is 14.4 Å². The van der Waals surface area contributed by atoms with Crippen LogP contribution in [0.5, 0.6) is 0 Å². The molecule has 0 aromatic heterocycles. The highest BCUT2D eigenvalue weighted by Crippen LogP contribution is 2.51. The van der Waals surface area contributed by atoms with Crippen LogP contribution in [0, 0.1) is 0 Å². The Morgan fingerprint density at radius 3 is 2.24 bits per heavy atom. The third-order valence-electron chi connectivity index (χ3n) is 8.05. The van der Waals surface area contributed by atoms with E-state index in [4.69, 9.17) is 9.47 Å². The molecule has 2 amide bonds. The van der Waals surface area contributed by atoms with Crippen LogP contribution in [0.25, 0.3) is 0 Å². The Balaban J connectivity index is 1.19. The molecule has 4 saturated heterocycles. The first-order valence-corrected chi connectivity index (χ1v) is 15.4. The fraction of sp³-hybridized carbons (Fsp3) is 0.519. The van der Waals surface area contributed by atoms with Gasteiger partial charge < -0.3 is 24.6 Å². The smallest absolute Gasteiger partial charge is 0.333 e. The number of rotatable bonds is 8. The van der Waals surface area contributed by atoms with E-state index in [2.05, 4.69) is 5.32 Å². The summed E-state index contributed by atoms with van der Waals surface area (Å²) in [4.78, 5) is 65.9. The van der Waals surface area contributed by atoms with Crippen molar-refractivity contribution in [3.05, 3.63) is 47.7 Å². The predicted molar refractivity (Wildman–Crippen MR) is 147 cm³/mol. The van der Waals surface area contributed by atoms with E-state index in [0.717, 1.165) is 4.90 Å². The molecule has 5 atom stereocenters. The topological polar surface area (TPSA) is 156 Å². The number of thioether (sulfide) groups is 1. The van der Waals surface area contributed by atoms with Crippen molar-refractivity contribution < 1.29 is 41.9 Å². The standard InChI is InChI=1S/C27H31N3O9S2/c1-14(11-16(31)15-9-7-6-8-10-15)28-19-22(33)30-20(26(2,3)40-23(19)30)24(34)38-13-39-25(35)21-27(4,5)41(36,37)18-12-17(32)29(18)21/h6-11,18-21,23,28H,12-13H2,1-5H3/t18-,19-,20+,21+,23-/m1/s1. The summed E-state index contributed by atoms with van der Waals surface area (Å²) in [6.07, 6.45) is 1.24. The molecule has 1 N–H and O–H groups in total. The summed E-state index contributed by atoms with van der Waals surface area (Å²) < 4.78 is 33.5. The zero-order chi connectivity index (χ0) is 30.1. The molecule has 41 heavy (non-hydrogen) atoms. The van der Waals surface area contributed by atoms with E-state index < -0.39 is 72.8 Å². The first-order chi connectivity index (χ1) is 19.1. The van der Waals surface area contributed by atoms with Crippen molar-refractivity contribution in [3.63, 3.8) is 0 Å². The van der Waals surface area contributed by atoms with Crippen molar-refractivity contribution in [2.75, 3.05) is 6.79 Å². The lowest BCUT2D eigenvalue weighted by atomic mass is 9.96. The van der Waals surface area contributed by atoms with E-state index in [-0.39, 0.29) is 18.1 Å². The molecule has 4 heterocycles. The molecule has 0 radical (unpaired) electrons. The number of benzene rings is 1. The van der Waals surface area contributed by atoms with Crippen molar-refractivity contribution in [1.82, 2.24) is 15.1 Å². The van der Waals surface area contributed by atoms with Crippen LogP contribution in [-0.2, 0) is 38.5 Å². The summed E-state index contributed by atoms with van der Waals surface area (Å²) in [7, 11) is -3.79. The van der Waals surface area contributed by atoms with Crippen LogP contribution in [0.1, 0.15) is 51.4 Å². The number of sulfone groups is 1. The molecule has 0 spiro atoms. The maximum atomic E-state index is 13.1. The molecular weight excluding hydrogens is 574 g/mol. The number of esters is 2. The van der Waals surface area contributed by atoms with Crippen molar-refractivity contribution in [3.8, 4) is 0 Å². The van der Waals surface area contributed by atoms with E-state index in [0.29, 0.717) is 11.3 Å². The average Bonchev–Trinajstić information content (AvgIpc) is 3.22. The maximum Gasteiger partial charge on any atom is 0.333 e. The van der Waals surface area contributed by atoms with Gasteiger partial charge in [-0.1, -0.05) is 30.3 Å². The van der Waals surface area contributed by atoms with Gasteiger partial charge in [0.25, 0.3) is 0 Å². The summed E-state index contributed by atoms with van der Waals surface area (Å²) >= 11 is 1.40. The zero-order valence-corrected chi connectivity index (χ0v) is 24.8. The molecule has 1 aromatic carbocycles. The fourth-order valence-corrected chi connectivity index (χ4v) is 9.55. The van der Waals surface area contributed by atoms with Gasteiger partial charge in [0.2, 0.25) is 18.6 Å². The second-order valence-electron chi connectivity index (χ2n) is 11.5. The Morgan fingerprint density at radius 1 is 1.02 bits per heavy atom. The minimum atomic E-state index is -3.79. The highest BCUT2D eigenvalue weighted by molar-refractivity contribution is 8.01. The first kappa shape index (κ1) is 29.1. The minimum absolute atomic E-state index is 0.182. The molecular formula is C27H31N3O9S2. The molecule has 4 fully saturated rings. The van der Waals surface area contributed by atoms with Crippen LogP contribution in [0.4, 0.5) is 0 Å². The molecule has 4 aliphatic rings. The fourth-order valence-electron chi connectivity index (χ4n) is 5.81. The summed E-state index contributed by atoms with van der Waals surface area (Å²) in [6.45, 7) is 7.20. The SMILES string of the molecule is CC(=CC(=O)c1ccccc1)N[C@@H]1C(=O)N2[C@@H]1SC(C)(C)[C@@H]2C(=O)OCOC(=O)[C@@H]1N2C(=O)C[C@H]2S(=O)(=O)C1(C)C. The van der Waals surface area contributed by atoms with Gasteiger partial charge in [0.1, 0.15) is 28.9 Å². The van der Waals surface area contributed by atoms with Gasteiger partial charge in [-0.05, 0) is 34.6 Å². The zero-order valence-electron chi connectivity index (χ0n) is 23.2. The molecule has 220 valence electrons. The van der Waals surface area contributed by atoms with Crippen molar-refractivity contribution >= 4 is 51.1 Å². The van der Waals surface area contributed by atoms with Gasteiger partial charge in [-0.25, -0.2) is 18.0 Å². The van der Waals surface area contributed by atoms with Crippen LogP contribution >= 0.6 is 11.8 Å². The molecule has 4 aliphatic heterocycles. The number of fused-ring (bicyclic) bond motifs is 2. The number of ketones is 1. The Bertz CT molecular complexity index is 1470. The number of nitrogens with zero attached hydrogens (tertiary/aromatic N) is 2. The first-order valence-electron chi connectivity index (χ1n) is 13.0. The molecule has 5 rings (SSSR count). The van der Waals surface area contributed by atoms with Gasteiger partial charge in [-0.15, -0.1) is 11.8 Å². The number of hydrogen-bond donors (Lipinski definition) is 1. The van der Waals surface area contributed by atoms with E-state index in [1.54, 1.807) is 45.0 Å². The van der Waals surface area contributed by atoms with Gasteiger partial charge >= 0.3 is 11.9 Å². The lowest BCUT2D eigenvalue weighted by Gasteiger charge is -2.44. The third-order valence-corrected chi connectivity index (χ3v) is 12.4. The van der Waals surface area contributed by atoms with Crippen molar-refractivity contribution in [1.29, 1.82) is 0 Å². The molecule has 0 aliphatic carbocycles. The van der Waals surface area contributed by atoms with Gasteiger partial charge in [0.15, 0.2) is 15.6 Å². The largest absolute Gasteiger partial charge is 0.426 e.